The van der Waals surface area contributed by atoms with Gasteiger partial charge in [0.15, 0.2) is 0 Å². The fourth-order valence-corrected chi connectivity index (χ4v) is 3.80. The molecular formula is C22H38O4. The molecule has 150 valence electrons. The lowest BCUT2D eigenvalue weighted by molar-refractivity contribution is -0.121. The van der Waals surface area contributed by atoms with Gasteiger partial charge >= 0.3 is 0 Å². The summed E-state index contributed by atoms with van der Waals surface area (Å²) >= 11 is 0. The predicted octanol–water partition coefficient (Wildman–Crippen LogP) is 3.94. The van der Waals surface area contributed by atoms with Gasteiger partial charge in [-0.05, 0) is 25.7 Å². The second-order valence-corrected chi connectivity index (χ2v) is 7.75. The molecule has 0 aromatic carbocycles. The van der Waals surface area contributed by atoms with Crippen LogP contribution in [0.4, 0.5) is 0 Å². The summed E-state index contributed by atoms with van der Waals surface area (Å²) in [5.41, 5.74) is -0.901. The van der Waals surface area contributed by atoms with Crippen molar-refractivity contribution in [2.75, 3.05) is 6.61 Å². The molecule has 4 nitrogen and oxygen atoms in total. The molecule has 26 heavy (non-hydrogen) atoms. The standard InChI is InChI=1S/C22H38O4/c1-3-5-14-22(26,4-2)15-11-13-19-18(20(24)17-21(19)25)12-9-7-6-8-10-16-23/h4,11,13,18-19,21,23,25-26H,2-3,5-10,12,14-17H2,1H3/b13-11+/t18-,19-,21-,22?/m1/s1. The van der Waals surface area contributed by atoms with E-state index < -0.39 is 11.7 Å². The van der Waals surface area contributed by atoms with Crippen molar-refractivity contribution in [2.24, 2.45) is 11.8 Å². The van der Waals surface area contributed by atoms with Crippen molar-refractivity contribution in [3.63, 3.8) is 0 Å². The van der Waals surface area contributed by atoms with Gasteiger partial charge in [0.25, 0.3) is 0 Å². The maximum atomic E-state index is 12.2. The van der Waals surface area contributed by atoms with E-state index in [0.29, 0.717) is 12.8 Å². The van der Waals surface area contributed by atoms with Crippen LogP contribution in [0.15, 0.2) is 24.8 Å². The van der Waals surface area contributed by atoms with Crippen LogP contribution in [0, 0.1) is 11.8 Å². The highest BCUT2D eigenvalue weighted by atomic mass is 16.3. The number of Topliss-reactive ketones (excluding diaryl/α,β-unsaturated/α-hetero) is 1. The molecule has 0 radical (unpaired) electrons. The summed E-state index contributed by atoms with van der Waals surface area (Å²) < 4.78 is 0. The third kappa shape index (κ3) is 7.73. The van der Waals surface area contributed by atoms with Gasteiger partial charge < -0.3 is 15.3 Å². The molecule has 0 aliphatic heterocycles. The van der Waals surface area contributed by atoms with E-state index in [2.05, 4.69) is 13.5 Å². The Kier molecular flexibility index (Phi) is 11.0. The van der Waals surface area contributed by atoms with E-state index in [1.54, 1.807) is 6.08 Å². The minimum Gasteiger partial charge on any atom is -0.396 e. The van der Waals surface area contributed by atoms with Gasteiger partial charge in [-0.1, -0.05) is 63.7 Å². The first-order valence-corrected chi connectivity index (χ1v) is 10.3. The lowest BCUT2D eigenvalue weighted by atomic mass is 9.87. The van der Waals surface area contributed by atoms with Crippen molar-refractivity contribution in [3.8, 4) is 0 Å². The minimum absolute atomic E-state index is 0.105. The Bertz CT molecular complexity index is 445. The molecule has 4 heteroatoms. The summed E-state index contributed by atoms with van der Waals surface area (Å²) in [7, 11) is 0. The Morgan fingerprint density at radius 2 is 1.88 bits per heavy atom. The van der Waals surface area contributed by atoms with E-state index in [-0.39, 0.29) is 30.6 Å². The molecule has 1 unspecified atom stereocenters. The third-order valence-electron chi connectivity index (χ3n) is 5.58. The summed E-state index contributed by atoms with van der Waals surface area (Å²) in [6.07, 6.45) is 14.0. The summed E-state index contributed by atoms with van der Waals surface area (Å²) in [6, 6.07) is 0. The zero-order chi connectivity index (χ0) is 19.4. The Morgan fingerprint density at radius 1 is 1.19 bits per heavy atom. The molecule has 0 amide bonds. The van der Waals surface area contributed by atoms with E-state index in [1.165, 1.54) is 0 Å². The minimum atomic E-state index is -0.901. The fraction of sp³-hybridized carbons (Fsp3) is 0.773. The monoisotopic (exact) mass is 366 g/mol. The first kappa shape index (κ1) is 23.1. The highest BCUT2D eigenvalue weighted by Crippen LogP contribution is 2.34. The number of aliphatic hydroxyl groups is 3. The summed E-state index contributed by atoms with van der Waals surface area (Å²) in [4.78, 5) is 12.2. The van der Waals surface area contributed by atoms with Crippen LogP contribution in [-0.2, 0) is 4.79 Å². The van der Waals surface area contributed by atoms with Crippen molar-refractivity contribution < 1.29 is 20.1 Å². The van der Waals surface area contributed by atoms with Crippen molar-refractivity contribution in [1.82, 2.24) is 0 Å². The zero-order valence-corrected chi connectivity index (χ0v) is 16.4. The number of carbonyl (C=O) groups excluding carboxylic acids is 1. The molecule has 0 saturated heterocycles. The first-order valence-electron chi connectivity index (χ1n) is 10.3. The molecule has 1 rings (SSSR count). The average Bonchev–Trinajstić information content (AvgIpc) is 2.89. The Hall–Kier alpha value is -0.970. The van der Waals surface area contributed by atoms with Crippen molar-refractivity contribution in [1.29, 1.82) is 0 Å². The molecule has 1 fully saturated rings. The normalized spacial score (nSPS) is 25.7. The molecule has 1 aliphatic carbocycles. The maximum Gasteiger partial charge on any atom is 0.139 e. The van der Waals surface area contributed by atoms with Gasteiger partial charge in [0.1, 0.15) is 5.78 Å². The van der Waals surface area contributed by atoms with Crippen LogP contribution in [0.5, 0.6) is 0 Å². The van der Waals surface area contributed by atoms with Gasteiger partial charge in [0.05, 0.1) is 11.7 Å². The van der Waals surface area contributed by atoms with Gasteiger partial charge in [0, 0.05) is 24.9 Å². The second-order valence-electron chi connectivity index (χ2n) is 7.75. The Morgan fingerprint density at radius 3 is 2.54 bits per heavy atom. The average molecular weight is 367 g/mol. The van der Waals surface area contributed by atoms with Crippen LogP contribution in [0.1, 0.15) is 77.6 Å². The second kappa shape index (κ2) is 12.4. The van der Waals surface area contributed by atoms with E-state index in [1.807, 2.05) is 12.2 Å². The molecule has 0 aromatic rings. The number of ketones is 1. The Balaban J connectivity index is 2.52. The van der Waals surface area contributed by atoms with E-state index in [0.717, 1.165) is 51.4 Å². The van der Waals surface area contributed by atoms with Gasteiger partial charge in [0.2, 0.25) is 0 Å². The van der Waals surface area contributed by atoms with Crippen LogP contribution >= 0.6 is 0 Å². The van der Waals surface area contributed by atoms with Gasteiger partial charge in [-0.3, -0.25) is 4.79 Å². The number of hydrogen-bond donors (Lipinski definition) is 3. The summed E-state index contributed by atoms with van der Waals surface area (Å²) in [5, 5.41) is 29.6. The SMILES string of the molecule is C=CC(O)(C/C=C/[C@H]1[C@H](O)CC(=O)[C@@H]1CCCCCCCO)CCCC. The number of aliphatic hydroxyl groups excluding tert-OH is 2. The maximum absolute atomic E-state index is 12.2. The van der Waals surface area contributed by atoms with Crippen LogP contribution < -0.4 is 0 Å². The number of rotatable bonds is 14. The van der Waals surface area contributed by atoms with E-state index >= 15 is 0 Å². The van der Waals surface area contributed by atoms with Crippen LogP contribution in [0.2, 0.25) is 0 Å². The van der Waals surface area contributed by atoms with E-state index in [9.17, 15) is 15.0 Å². The molecule has 0 bridgehead atoms. The zero-order valence-electron chi connectivity index (χ0n) is 16.4. The van der Waals surface area contributed by atoms with Crippen LogP contribution in [0.25, 0.3) is 0 Å². The molecule has 3 N–H and O–H groups in total. The number of hydrogen-bond acceptors (Lipinski definition) is 4. The molecule has 1 saturated carbocycles. The first-order chi connectivity index (χ1) is 12.5. The molecular weight excluding hydrogens is 328 g/mol. The summed E-state index contributed by atoms with van der Waals surface area (Å²) in [5.74, 6) is -0.0841. The highest BCUT2D eigenvalue weighted by Gasteiger charge is 2.39. The number of carbonyl (C=O) groups is 1. The fourth-order valence-electron chi connectivity index (χ4n) is 3.80. The van der Waals surface area contributed by atoms with Crippen LogP contribution in [0.3, 0.4) is 0 Å². The largest absolute Gasteiger partial charge is 0.396 e. The van der Waals surface area contributed by atoms with E-state index in [4.69, 9.17) is 5.11 Å². The Labute approximate surface area is 159 Å². The molecule has 0 aromatic heterocycles. The molecule has 0 spiro atoms. The van der Waals surface area contributed by atoms with Crippen LogP contribution in [-0.4, -0.2) is 39.4 Å². The quantitative estimate of drug-likeness (QED) is 0.321. The molecule has 1 aliphatic rings. The number of unbranched alkanes of at least 4 members (excludes halogenated alkanes) is 5. The molecule has 4 atom stereocenters. The topological polar surface area (TPSA) is 77.8 Å². The summed E-state index contributed by atoms with van der Waals surface area (Å²) in [6.45, 7) is 6.08. The lowest BCUT2D eigenvalue weighted by Gasteiger charge is -2.23. The van der Waals surface area contributed by atoms with Crippen molar-refractivity contribution >= 4 is 5.78 Å². The molecule has 0 heterocycles. The van der Waals surface area contributed by atoms with Crippen molar-refractivity contribution in [2.45, 2.75) is 89.3 Å². The predicted molar refractivity (Wildman–Crippen MR) is 106 cm³/mol. The van der Waals surface area contributed by atoms with Gasteiger partial charge in [-0.25, -0.2) is 0 Å². The lowest BCUT2D eigenvalue weighted by Crippen LogP contribution is -2.25. The highest BCUT2D eigenvalue weighted by molar-refractivity contribution is 5.84. The van der Waals surface area contributed by atoms with Crippen molar-refractivity contribution in [3.05, 3.63) is 24.8 Å². The van der Waals surface area contributed by atoms with Gasteiger partial charge in [-0.15, -0.1) is 6.58 Å². The smallest absolute Gasteiger partial charge is 0.139 e. The van der Waals surface area contributed by atoms with Gasteiger partial charge in [-0.2, -0.15) is 0 Å². The third-order valence-corrected chi connectivity index (χ3v) is 5.58.